The Bertz CT molecular complexity index is 286. The Kier molecular flexibility index (Phi) is 2.84. The van der Waals surface area contributed by atoms with E-state index in [1.807, 2.05) is 20.8 Å². The molecule has 92 valence electrons. The Labute approximate surface area is 95.1 Å². The first-order valence-electron chi connectivity index (χ1n) is 5.66. The van der Waals surface area contributed by atoms with E-state index in [1.165, 1.54) is 0 Å². The van der Waals surface area contributed by atoms with Gasteiger partial charge in [0.2, 0.25) is 0 Å². The molecule has 5 heteroatoms. The summed E-state index contributed by atoms with van der Waals surface area (Å²) in [4.78, 5) is 11.5. The molecule has 0 aromatic carbocycles. The molecule has 2 fully saturated rings. The van der Waals surface area contributed by atoms with E-state index in [1.54, 1.807) is 0 Å². The van der Waals surface area contributed by atoms with Crippen LogP contribution in [0.25, 0.3) is 0 Å². The number of hydrogen-bond donors (Lipinski definition) is 2. The number of rotatable bonds is 2. The van der Waals surface area contributed by atoms with Crippen molar-refractivity contribution < 1.29 is 19.4 Å². The monoisotopic (exact) mass is 229 g/mol. The summed E-state index contributed by atoms with van der Waals surface area (Å²) in [5.41, 5.74) is -0.483. The fraction of sp³-hybridized carbons (Fsp3) is 0.909. The second-order valence-corrected chi connectivity index (χ2v) is 5.50. The Morgan fingerprint density at radius 1 is 1.50 bits per heavy atom. The highest BCUT2D eigenvalue weighted by molar-refractivity contribution is 5.68. The van der Waals surface area contributed by atoms with E-state index in [0.717, 1.165) is 6.42 Å². The van der Waals surface area contributed by atoms with E-state index in [2.05, 4.69) is 5.32 Å². The summed E-state index contributed by atoms with van der Waals surface area (Å²) in [6.45, 7) is 5.60. The summed E-state index contributed by atoms with van der Waals surface area (Å²) >= 11 is 0. The molecular formula is C11H19NO4. The third kappa shape index (κ3) is 2.47. The molecule has 1 aliphatic heterocycles. The van der Waals surface area contributed by atoms with Gasteiger partial charge in [0.15, 0.2) is 0 Å². The molecule has 2 rings (SSSR count). The number of aliphatic hydroxyl groups is 1. The summed E-state index contributed by atoms with van der Waals surface area (Å²) in [5, 5.41) is 11.9. The number of ether oxygens (including phenoxy) is 2. The minimum atomic E-state index is -0.483. The van der Waals surface area contributed by atoms with E-state index in [0.29, 0.717) is 0 Å². The summed E-state index contributed by atoms with van der Waals surface area (Å²) in [6.07, 6.45) is 0.561. The maximum atomic E-state index is 11.5. The van der Waals surface area contributed by atoms with E-state index in [9.17, 15) is 4.79 Å². The van der Waals surface area contributed by atoms with Crippen LogP contribution >= 0.6 is 0 Å². The first kappa shape index (κ1) is 11.7. The van der Waals surface area contributed by atoms with Crippen molar-refractivity contribution in [3.05, 3.63) is 0 Å². The molecule has 2 N–H and O–H groups in total. The number of amides is 1. The van der Waals surface area contributed by atoms with Crippen LogP contribution < -0.4 is 5.32 Å². The predicted molar refractivity (Wildman–Crippen MR) is 57.0 cm³/mol. The van der Waals surface area contributed by atoms with Crippen LogP contribution in [0.5, 0.6) is 0 Å². The summed E-state index contributed by atoms with van der Waals surface area (Å²) in [5.74, 6) is 0.157. The molecule has 2 aliphatic rings. The Morgan fingerprint density at radius 2 is 2.19 bits per heavy atom. The number of epoxide rings is 1. The van der Waals surface area contributed by atoms with Crippen LogP contribution in [0.15, 0.2) is 0 Å². The van der Waals surface area contributed by atoms with Gasteiger partial charge in [0.05, 0.1) is 12.1 Å². The predicted octanol–water partition coefficient (Wildman–Crippen LogP) is 0.659. The lowest BCUT2D eigenvalue weighted by molar-refractivity contribution is 0.0478. The number of carbonyl (C=O) groups excluding carboxylic acids is 1. The highest BCUT2D eigenvalue weighted by atomic mass is 16.6. The van der Waals surface area contributed by atoms with Crippen LogP contribution in [0.1, 0.15) is 27.2 Å². The molecular weight excluding hydrogens is 210 g/mol. The molecule has 0 spiro atoms. The van der Waals surface area contributed by atoms with Crippen LogP contribution in [-0.4, -0.2) is 41.7 Å². The summed E-state index contributed by atoms with van der Waals surface area (Å²) in [6, 6.07) is -0.0167. The number of fused-ring (bicyclic) bond motifs is 1. The maximum absolute atomic E-state index is 11.5. The van der Waals surface area contributed by atoms with Crippen molar-refractivity contribution in [2.75, 3.05) is 6.61 Å². The Morgan fingerprint density at radius 3 is 2.69 bits per heavy atom. The second kappa shape index (κ2) is 3.89. The number of nitrogens with one attached hydrogen (secondary N) is 1. The molecule has 1 saturated carbocycles. The van der Waals surface area contributed by atoms with Crippen molar-refractivity contribution in [3.63, 3.8) is 0 Å². The number of hydrogen-bond acceptors (Lipinski definition) is 4. The fourth-order valence-corrected chi connectivity index (χ4v) is 2.21. The van der Waals surface area contributed by atoms with Gasteiger partial charge < -0.3 is 19.9 Å². The van der Waals surface area contributed by atoms with E-state index in [4.69, 9.17) is 14.6 Å². The molecule has 1 heterocycles. The lowest BCUT2D eigenvalue weighted by Crippen LogP contribution is -2.41. The SMILES string of the molecule is CC(C)(C)OC(=O)N[C@H]1C[C@@H](CO)[C@@H]2O[C@@H]21. The molecule has 1 amide bonds. The molecule has 0 aromatic rings. The normalized spacial score (nSPS) is 36.8. The molecule has 4 atom stereocenters. The zero-order valence-corrected chi connectivity index (χ0v) is 9.90. The van der Waals surface area contributed by atoms with Gasteiger partial charge in [-0.15, -0.1) is 0 Å². The zero-order valence-electron chi connectivity index (χ0n) is 9.90. The standard InChI is InChI=1S/C11H19NO4/c1-11(2,3)16-10(14)12-7-4-6(5-13)8-9(7)15-8/h6-9,13H,4-5H2,1-3H3,(H,12,14)/t6-,7-,8-,9+/m0/s1. The van der Waals surface area contributed by atoms with Crippen LogP contribution in [0.2, 0.25) is 0 Å². The zero-order chi connectivity index (χ0) is 11.9. The quantitative estimate of drug-likeness (QED) is 0.682. The third-order valence-electron chi connectivity index (χ3n) is 2.92. The van der Waals surface area contributed by atoms with Crippen molar-refractivity contribution in [1.82, 2.24) is 5.32 Å². The number of alkyl carbamates (subject to hydrolysis) is 1. The molecule has 0 radical (unpaired) electrons. The topological polar surface area (TPSA) is 71.1 Å². The van der Waals surface area contributed by atoms with E-state index < -0.39 is 11.7 Å². The van der Waals surface area contributed by atoms with Gasteiger partial charge in [-0.3, -0.25) is 0 Å². The van der Waals surface area contributed by atoms with Gasteiger partial charge >= 0.3 is 6.09 Å². The van der Waals surface area contributed by atoms with Crippen molar-refractivity contribution in [2.24, 2.45) is 5.92 Å². The maximum Gasteiger partial charge on any atom is 0.407 e. The highest BCUT2D eigenvalue weighted by Gasteiger charge is 2.56. The van der Waals surface area contributed by atoms with Gasteiger partial charge in [0, 0.05) is 12.5 Å². The second-order valence-electron chi connectivity index (χ2n) is 5.50. The smallest absolute Gasteiger partial charge is 0.407 e. The van der Waals surface area contributed by atoms with Crippen LogP contribution in [-0.2, 0) is 9.47 Å². The van der Waals surface area contributed by atoms with Gasteiger partial charge in [0.25, 0.3) is 0 Å². The van der Waals surface area contributed by atoms with Gasteiger partial charge in [0.1, 0.15) is 11.7 Å². The lowest BCUT2D eigenvalue weighted by atomic mass is 10.1. The number of carbonyl (C=O) groups is 1. The first-order valence-corrected chi connectivity index (χ1v) is 5.66. The van der Waals surface area contributed by atoms with E-state index in [-0.39, 0.29) is 30.8 Å². The molecule has 16 heavy (non-hydrogen) atoms. The van der Waals surface area contributed by atoms with Crippen LogP contribution in [0, 0.1) is 5.92 Å². The molecule has 0 unspecified atom stereocenters. The molecule has 0 bridgehead atoms. The van der Waals surface area contributed by atoms with Gasteiger partial charge in [-0.1, -0.05) is 0 Å². The average molecular weight is 229 g/mol. The van der Waals surface area contributed by atoms with Crippen LogP contribution in [0.3, 0.4) is 0 Å². The van der Waals surface area contributed by atoms with Gasteiger partial charge in [-0.2, -0.15) is 0 Å². The minimum absolute atomic E-state index is 0.0167. The molecule has 1 aliphatic carbocycles. The van der Waals surface area contributed by atoms with E-state index >= 15 is 0 Å². The van der Waals surface area contributed by atoms with Crippen molar-refractivity contribution in [2.45, 2.75) is 51.0 Å². The van der Waals surface area contributed by atoms with Gasteiger partial charge in [-0.05, 0) is 27.2 Å². The summed E-state index contributed by atoms with van der Waals surface area (Å²) < 4.78 is 10.5. The van der Waals surface area contributed by atoms with Crippen molar-refractivity contribution >= 4 is 6.09 Å². The third-order valence-corrected chi connectivity index (χ3v) is 2.92. The highest BCUT2D eigenvalue weighted by Crippen LogP contribution is 2.42. The fourth-order valence-electron chi connectivity index (χ4n) is 2.21. The van der Waals surface area contributed by atoms with Crippen LogP contribution in [0.4, 0.5) is 4.79 Å². The average Bonchev–Trinajstić information content (AvgIpc) is 2.83. The van der Waals surface area contributed by atoms with Crippen molar-refractivity contribution in [3.8, 4) is 0 Å². The Hall–Kier alpha value is -0.810. The number of aliphatic hydroxyl groups excluding tert-OH is 1. The lowest BCUT2D eigenvalue weighted by Gasteiger charge is -2.22. The Balaban J connectivity index is 1.81. The van der Waals surface area contributed by atoms with Crippen molar-refractivity contribution in [1.29, 1.82) is 0 Å². The minimum Gasteiger partial charge on any atom is -0.444 e. The molecule has 0 aromatic heterocycles. The largest absolute Gasteiger partial charge is 0.444 e. The van der Waals surface area contributed by atoms with Gasteiger partial charge in [-0.25, -0.2) is 4.79 Å². The first-order chi connectivity index (χ1) is 7.40. The molecule has 5 nitrogen and oxygen atoms in total. The summed E-state index contributed by atoms with van der Waals surface area (Å²) in [7, 11) is 0. The molecule has 1 saturated heterocycles.